The van der Waals surface area contributed by atoms with Gasteiger partial charge in [0.15, 0.2) is 17.5 Å². The second-order valence-corrected chi connectivity index (χ2v) is 14.0. The van der Waals surface area contributed by atoms with E-state index in [1.54, 1.807) is 0 Å². The summed E-state index contributed by atoms with van der Waals surface area (Å²) in [7, 11) is 0. The first-order valence-electron chi connectivity index (χ1n) is 17.1. The van der Waals surface area contributed by atoms with E-state index in [4.69, 9.17) is 15.0 Å². The Hall–Kier alpha value is -6.43. The molecule has 3 aromatic heterocycles. The molecule has 0 aliphatic carbocycles. The molecule has 10 aromatic rings. The highest BCUT2D eigenvalue weighted by atomic mass is 32.1. The van der Waals surface area contributed by atoms with Crippen LogP contribution in [0.2, 0.25) is 0 Å². The van der Waals surface area contributed by atoms with Crippen LogP contribution in [0.1, 0.15) is 5.56 Å². The van der Waals surface area contributed by atoms with Crippen molar-refractivity contribution < 1.29 is 0 Å². The fourth-order valence-electron chi connectivity index (χ4n) is 7.36. The van der Waals surface area contributed by atoms with Gasteiger partial charge in [-0.3, -0.25) is 0 Å². The van der Waals surface area contributed by atoms with Crippen molar-refractivity contribution in [3.05, 3.63) is 169 Å². The van der Waals surface area contributed by atoms with Gasteiger partial charge in [0.1, 0.15) is 0 Å². The van der Waals surface area contributed by atoms with E-state index in [2.05, 4.69) is 157 Å². The summed E-state index contributed by atoms with van der Waals surface area (Å²) < 4.78 is 4.92. The summed E-state index contributed by atoms with van der Waals surface area (Å²) in [6.45, 7) is 2.15. The molecule has 0 saturated carbocycles. The first kappa shape index (κ1) is 29.5. The van der Waals surface area contributed by atoms with E-state index in [0.29, 0.717) is 17.5 Å². The van der Waals surface area contributed by atoms with Crippen molar-refractivity contribution in [1.29, 1.82) is 0 Å². The van der Waals surface area contributed by atoms with Gasteiger partial charge in [-0.15, -0.1) is 11.3 Å². The third-order valence-electron chi connectivity index (χ3n) is 9.66. The van der Waals surface area contributed by atoms with Crippen molar-refractivity contribution in [3.8, 4) is 51.0 Å². The van der Waals surface area contributed by atoms with Crippen LogP contribution in [-0.4, -0.2) is 19.5 Å². The van der Waals surface area contributed by atoms with Crippen molar-refractivity contribution in [1.82, 2.24) is 19.5 Å². The number of thiophene rings is 1. The zero-order valence-electron chi connectivity index (χ0n) is 27.8. The molecule has 0 unspecified atom stereocenters. The number of nitrogens with zero attached hydrogens (tertiary/aromatic N) is 4. The Balaban J connectivity index is 1.16. The summed E-state index contributed by atoms with van der Waals surface area (Å²) in [5.41, 5.74) is 9.82. The maximum atomic E-state index is 5.20. The molecule has 3 heterocycles. The highest BCUT2D eigenvalue weighted by Crippen LogP contribution is 2.41. The number of benzene rings is 7. The van der Waals surface area contributed by atoms with E-state index in [-0.39, 0.29) is 0 Å². The molecule has 0 fully saturated rings. The third-order valence-corrected chi connectivity index (χ3v) is 10.9. The van der Waals surface area contributed by atoms with Gasteiger partial charge in [-0.05, 0) is 78.2 Å². The minimum absolute atomic E-state index is 0.645. The van der Waals surface area contributed by atoms with Crippen LogP contribution in [-0.2, 0) is 0 Å². The molecule has 0 saturated heterocycles. The van der Waals surface area contributed by atoms with Gasteiger partial charge in [-0.25, -0.2) is 15.0 Å². The van der Waals surface area contributed by atoms with Gasteiger partial charge >= 0.3 is 0 Å². The molecule has 10 rings (SSSR count). The molecular weight excluding hydrogens is 641 g/mol. The molecule has 5 heteroatoms. The van der Waals surface area contributed by atoms with E-state index in [1.807, 2.05) is 29.5 Å². The normalized spacial score (nSPS) is 11.6. The van der Waals surface area contributed by atoms with Gasteiger partial charge in [0.05, 0.1) is 11.0 Å². The molecule has 0 atom stereocenters. The molecule has 0 spiro atoms. The average Bonchev–Trinajstić information content (AvgIpc) is 3.74. The maximum Gasteiger partial charge on any atom is 0.164 e. The third kappa shape index (κ3) is 5.01. The van der Waals surface area contributed by atoms with Crippen LogP contribution in [0.3, 0.4) is 0 Å². The summed E-state index contributed by atoms with van der Waals surface area (Å²) in [5, 5.41) is 4.93. The Morgan fingerprint density at radius 1 is 0.431 bits per heavy atom. The summed E-state index contributed by atoms with van der Waals surface area (Å²) in [4.78, 5) is 15.4. The zero-order valence-corrected chi connectivity index (χ0v) is 28.6. The highest BCUT2D eigenvalue weighted by molar-refractivity contribution is 7.26. The molecule has 0 aliphatic heterocycles. The van der Waals surface area contributed by atoms with Crippen LogP contribution in [0.25, 0.3) is 93.0 Å². The second kappa shape index (κ2) is 11.9. The lowest BCUT2D eigenvalue weighted by atomic mass is 9.98. The molecule has 0 N–H and O–H groups in total. The second-order valence-electron chi connectivity index (χ2n) is 13.0. The van der Waals surface area contributed by atoms with E-state index >= 15 is 0 Å². The van der Waals surface area contributed by atoms with E-state index < -0.39 is 0 Å². The van der Waals surface area contributed by atoms with Gasteiger partial charge in [-0.1, -0.05) is 109 Å². The lowest BCUT2D eigenvalue weighted by molar-refractivity contribution is 1.07. The Labute approximate surface area is 299 Å². The van der Waals surface area contributed by atoms with Gasteiger partial charge in [0.2, 0.25) is 0 Å². The molecular formula is C46H30N4S. The maximum absolute atomic E-state index is 5.20. The van der Waals surface area contributed by atoms with Crippen LogP contribution >= 0.6 is 11.3 Å². The summed E-state index contributed by atoms with van der Waals surface area (Å²) in [6, 6.07) is 57.8. The lowest BCUT2D eigenvalue weighted by Crippen LogP contribution is -2.00. The fraction of sp³-hybridized carbons (Fsp3) is 0.0217. The fourth-order valence-corrected chi connectivity index (χ4v) is 8.60. The van der Waals surface area contributed by atoms with E-state index in [9.17, 15) is 0 Å². The van der Waals surface area contributed by atoms with Gasteiger partial charge in [0, 0.05) is 53.3 Å². The number of hydrogen-bond acceptors (Lipinski definition) is 4. The smallest absolute Gasteiger partial charge is 0.164 e. The van der Waals surface area contributed by atoms with Crippen molar-refractivity contribution in [3.63, 3.8) is 0 Å². The van der Waals surface area contributed by atoms with Crippen LogP contribution in [0.4, 0.5) is 0 Å². The quantitative estimate of drug-likeness (QED) is 0.183. The predicted octanol–water partition coefficient (Wildman–Crippen LogP) is 12.3. The van der Waals surface area contributed by atoms with Crippen LogP contribution < -0.4 is 0 Å². The van der Waals surface area contributed by atoms with Crippen molar-refractivity contribution >= 4 is 53.3 Å². The number of aryl methyl sites for hydroxylation is 1. The number of para-hydroxylation sites is 2. The Bertz CT molecular complexity index is 2920. The molecule has 7 aromatic carbocycles. The van der Waals surface area contributed by atoms with Gasteiger partial charge in [-0.2, -0.15) is 0 Å². The minimum atomic E-state index is 0.645. The van der Waals surface area contributed by atoms with Crippen molar-refractivity contribution in [2.24, 2.45) is 0 Å². The molecule has 0 radical (unpaired) electrons. The van der Waals surface area contributed by atoms with E-state index in [1.165, 1.54) is 31.1 Å². The van der Waals surface area contributed by atoms with Crippen molar-refractivity contribution in [2.75, 3.05) is 0 Å². The minimum Gasteiger partial charge on any atom is -0.309 e. The molecule has 4 nitrogen and oxygen atoms in total. The van der Waals surface area contributed by atoms with Crippen LogP contribution in [0, 0.1) is 6.92 Å². The van der Waals surface area contributed by atoms with Crippen LogP contribution in [0.5, 0.6) is 0 Å². The molecule has 0 aliphatic rings. The zero-order chi connectivity index (χ0) is 33.9. The Morgan fingerprint density at radius 3 is 1.88 bits per heavy atom. The Kier molecular flexibility index (Phi) is 6.86. The number of fused-ring (bicyclic) bond motifs is 6. The molecule has 0 bridgehead atoms. The summed E-state index contributed by atoms with van der Waals surface area (Å²) in [5.74, 6) is 1.95. The molecule has 240 valence electrons. The molecule has 0 amide bonds. The number of hydrogen-bond donors (Lipinski definition) is 0. The Morgan fingerprint density at radius 2 is 1.06 bits per heavy atom. The monoisotopic (exact) mass is 670 g/mol. The summed E-state index contributed by atoms with van der Waals surface area (Å²) >= 11 is 1.85. The standard InChI is InChI=1S/C46H30N4S/c1-29-25-32(35-19-12-20-38-37-18-9-11-22-42(37)51-43(35)38)27-33(26-29)46-48-44(30-13-4-2-5-14-30)47-45(49-46)31-23-24-41-39(28-31)36-17-8-10-21-40(36)50(41)34-15-6-3-7-16-34/h2-28H,1H3. The molecule has 51 heavy (non-hydrogen) atoms. The van der Waals surface area contributed by atoms with Gasteiger partial charge < -0.3 is 4.57 Å². The van der Waals surface area contributed by atoms with E-state index in [0.717, 1.165) is 49.9 Å². The first-order chi connectivity index (χ1) is 25.2. The average molecular weight is 671 g/mol. The first-order valence-corrected chi connectivity index (χ1v) is 17.9. The van der Waals surface area contributed by atoms with Crippen molar-refractivity contribution in [2.45, 2.75) is 6.92 Å². The largest absolute Gasteiger partial charge is 0.309 e. The summed E-state index contributed by atoms with van der Waals surface area (Å²) in [6.07, 6.45) is 0. The SMILES string of the molecule is Cc1cc(-c2nc(-c3ccccc3)nc(-c3ccc4c(c3)c3ccccc3n4-c3ccccc3)n2)cc(-c2cccc3c2sc2ccccc23)c1. The predicted molar refractivity (Wildman–Crippen MR) is 214 cm³/mol. The highest BCUT2D eigenvalue weighted by Gasteiger charge is 2.18. The number of rotatable bonds is 5. The number of aromatic nitrogens is 4. The van der Waals surface area contributed by atoms with Crippen LogP contribution in [0.15, 0.2) is 164 Å². The topological polar surface area (TPSA) is 43.6 Å². The lowest BCUT2D eigenvalue weighted by Gasteiger charge is -2.12. The van der Waals surface area contributed by atoms with Gasteiger partial charge in [0.25, 0.3) is 0 Å².